The average molecular weight is 469 g/mol. The van der Waals surface area contributed by atoms with E-state index in [1.165, 1.54) is 10.1 Å². The maximum Gasteiger partial charge on any atom is 0.278 e. The molecule has 7 heteroatoms. The number of nitrogens with zero attached hydrogens (tertiary/aromatic N) is 2. The second-order valence-electron chi connectivity index (χ2n) is 8.63. The van der Waals surface area contributed by atoms with Gasteiger partial charge in [-0.05, 0) is 42.3 Å². The fraction of sp³-hybridized carbons (Fsp3) is 0.214. The molecule has 35 heavy (non-hydrogen) atoms. The molecule has 0 fully saturated rings. The van der Waals surface area contributed by atoms with Crippen LogP contribution in [0.3, 0.4) is 0 Å². The van der Waals surface area contributed by atoms with Crippen molar-refractivity contribution in [3.05, 3.63) is 88.7 Å². The van der Waals surface area contributed by atoms with E-state index >= 15 is 0 Å². The number of aryl methyl sites for hydroxylation is 1. The van der Waals surface area contributed by atoms with Crippen molar-refractivity contribution in [2.24, 2.45) is 5.92 Å². The maximum absolute atomic E-state index is 13.6. The van der Waals surface area contributed by atoms with E-state index in [9.17, 15) is 14.4 Å². The zero-order chi connectivity index (χ0) is 24.9. The molecular formula is C28H28N4O3. The van der Waals surface area contributed by atoms with Crippen LogP contribution in [0.15, 0.2) is 77.6 Å². The van der Waals surface area contributed by atoms with Crippen LogP contribution in [-0.4, -0.2) is 21.4 Å². The molecule has 178 valence electrons. The Labute approximate surface area is 203 Å². The highest BCUT2D eigenvalue weighted by atomic mass is 16.2. The van der Waals surface area contributed by atoms with Gasteiger partial charge < -0.3 is 10.6 Å². The third kappa shape index (κ3) is 5.30. The van der Waals surface area contributed by atoms with Crippen LogP contribution in [-0.2, 0) is 22.6 Å². The molecule has 0 saturated heterocycles. The first-order valence-electron chi connectivity index (χ1n) is 11.7. The van der Waals surface area contributed by atoms with Gasteiger partial charge in [-0.25, -0.2) is 4.98 Å². The summed E-state index contributed by atoms with van der Waals surface area (Å²) in [4.78, 5) is 43.5. The lowest BCUT2D eigenvalue weighted by Crippen LogP contribution is -2.30. The van der Waals surface area contributed by atoms with Gasteiger partial charge in [-0.2, -0.15) is 0 Å². The number of rotatable bonds is 7. The van der Waals surface area contributed by atoms with Crippen molar-refractivity contribution in [3.63, 3.8) is 0 Å². The summed E-state index contributed by atoms with van der Waals surface area (Å²) in [5, 5.41) is 5.75. The summed E-state index contributed by atoms with van der Waals surface area (Å²) in [5.74, 6) is -0.702. The van der Waals surface area contributed by atoms with Gasteiger partial charge in [0, 0.05) is 17.2 Å². The zero-order valence-corrected chi connectivity index (χ0v) is 20.0. The van der Waals surface area contributed by atoms with E-state index in [0.29, 0.717) is 28.0 Å². The summed E-state index contributed by atoms with van der Waals surface area (Å²) in [6.45, 7) is 5.49. The predicted molar refractivity (Wildman–Crippen MR) is 139 cm³/mol. The summed E-state index contributed by atoms with van der Waals surface area (Å²) in [7, 11) is 0. The number of aromatic nitrogens is 2. The number of amides is 2. The number of hydrogen-bond donors (Lipinski definition) is 2. The van der Waals surface area contributed by atoms with E-state index in [0.717, 1.165) is 6.42 Å². The minimum Gasteiger partial charge on any atom is -0.325 e. The highest BCUT2D eigenvalue weighted by Gasteiger charge is 2.19. The van der Waals surface area contributed by atoms with Crippen LogP contribution in [0.25, 0.3) is 22.3 Å². The Kier molecular flexibility index (Phi) is 7.06. The van der Waals surface area contributed by atoms with E-state index in [4.69, 9.17) is 0 Å². The molecule has 3 aromatic carbocycles. The third-order valence-corrected chi connectivity index (χ3v) is 5.76. The Morgan fingerprint density at radius 2 is 1.60 bits per heavy atom. The summed E-state index contributed by atoms with van der Waals surface area (Å²) in [5.41, 5.74) is 3.73. The molecule has 1 aromatic heterocycles. The third-order valence-electron chi connectivity index (χ3n) is 5.76. The predicted octanol–water partition coefficient (Wildman–Crippen LogP) is 4.86. The molecule has 4 aromatic rings. The topological polar surface area (TPSA) is 93.1 Å². The van der Waals surface area contributed by atoms with Crippen LogP contribution in [0.1, 0.15) is 26.3 Å². The van der Waals surface area contributed by atoms with E-state index < -0.39 is 5.56 Å². The second kappa shape index (κ2) is 10.3. The van der Waals surface area contributed by atoms with Crippen molar-refractivity contribution in [2.45, 2.75) is 33.7 Å². The average Bonchev–Trinajstić information content (AvgIpc) is 2.86. The molecule has 7 nitrogen and oxygen atoms in total. The number of carbonyl (C=O) groups excluding carboxylic acids is 2. The molecule has 0 spiro atoms. The maximum atomic E-state index is 13.6. The number of nitrogens with one attached hydrogen (secondary N) is 2. The Bertz CT molecular complexity index is 1440. The van der Waals surface area contributed by atoms with E-state index in [1.807, 2.05) is 30.3 Å². The molecule has 0 bridgehead atoms. The van der Waals surface area contributed by atoms with Crippen molar-refractivity contribution < 1.29 is 9.59 Å². The lowest BCUT2D eigenvalue weighted by molar-refractivity contribution is -0.119. The number of carbonyl (C=O) groups is 2. The van der Waals surface area contributed by atoms with Gasteiger partial charge in [-0.15, -0.1) is 0 Å². The number of benzene rings is 3. The van der Waals surface area contributed by atoms with Crippen molar-refractivity contribution in [1.29, 1.82) is 0 Å². The quantitative estimate of drug-likeness (QED) is 0.405. The number of hydrogen-bond acceptors (Lipinski definition) is 4. The van der Waals surface area contributed by atoms with Crippen molar-refractivity contribution in [1.82, 2.24) is 9.55 Å². The van der Waals surface area contributed by atoms with Crippen molar-refractivity contribution in [2.75, 3.05) is 10.6 Å². The molecule has 0 aliphatic rings. The lowest BCUT2D eigenvalue weighted by atomic mass is 10.1. The van der Waals surface area contributed by atoms with Crippen LogP contribution in [0.4, 0.5) is 11.4 Å². The van der Waals surface area contributed by atoms with E-state index in [2.05, 4.69) is 22.5 Å². The van der Waals surface area contributed by atoms with E-state index in [1.54, 1.807) is 56.3 Å². The van der Waals surface area contributed by atoms with Crippen molar-refractivity contribution in [3.8, 4) is 11.3 Å². The highest BCUT2D eigenvalue weighted by molar-refractivity contribution is 5.96. The van der Waals surface area contributed by atoms with E-state index in [-0.39, 0.29) is 30.0 Å². The smallest absolute Gasteiger partial charge is 0.278 e. The van der Waals surface area contributed by atoms with Gasteiger partial charge in [0.25, 0.3) is 5.56 Å². The van der Waals surface area contributed by atoms with Crippen LogP contribution in [0, 0.1) is 5.92 Å². The summed E-state index contributed by atoms with van der Waals surface area (Å²) < 4.78 is 1.43. The fourth-order valence-electron chi connectivity index (χ4n) is 3.77. The molecule has 2 amide bonds. The Hall–Kier alpha value is -4.26. The van der Waals surface area contributed by atoms with Crippen LogP contribution >= 0.6 is 0 Å². The Morgan fingerprint density at radius 3 is 2.31 bits per heavy atom. The van der Waals surface area contributed by atoms with Crippen LogP contribution in [0.2, 0.25) is 0 Å². The molecule has 0 atom stereocenters. The number of para-hydroxylation sites is 3. The van der Waals surface area contributed by atoms with Gasteiger partial charge in [0.1, 0.15) is 12.2 Å². The first-order valence-corrected chi connectivity index (χ1v) is 11.7. The molecule has 4 rings (SSSR count). The largest absolute Gasteiger partial charge is 0.325 e. The Morgan fingerprint density at radius 1 is 0.914 bits per heavy atom. The molecular weight excluding hydrogens is 440 g/mol. The van der Waals surface area contributed by atoms with Gasteiger partial charge in [0.2, 0.25) is 11.8 Å². The second-order valence-corrected chi connectivity index (χ2v) is 8.63. The molecule has 1 heterocycles. The van der Waals surface area contributed by atoms with Gasteiger partial charge in [0.05, 0.1) is 16.7 Å². The molecule has 0 saturated carbocycles. The lowest BCUT2D eigenvalue weighted by Gasteiger charge is -2.15. The zero-order valence-electron chi connectivity index (χ0n) is 20.0. The molecule has 0 radical (unpaired) electrons. The Balaban J connectivity index is 1.74. The molecule has 0 aliphatic carbocycles. The van der Waals surface area contributed by atoms with Gasteiger partial charge >= 0.3 is 0 Å². The summed E-state index contributed by atoms with van der Waals surface area (Å²) >= 11 is 0. The normalized spacial score (nSPS) is 11.0. The van der Waals surface area contributed by atoms with Gasteiger partial charge in [-0.3, -0.25) is 19.0 Å². The molecule has 0 aliphatic heterocycles. The number of anilines is 2. The fourth-order valence-corrected chi connectivity index (χ4v) is 3.77. The summed E-state index contributed by atoms with van der Waals surface area (Å²) in [6, 6.07) is 21.9. The van der Waals surface area contributed by atoms with Crippen LogP contribution < -0.4 is 16.2 Å². The highest BCUT2D eigenvalue weighted by Crippen LogP contribution is 2.26. The first kappa shape index (κ1) is 23.9. The van der Waals surface area contributed by atoms with Crippen LogP contribution in [0.5, 0.6) is 0 Å². The minimum atomic E-state index is -0.411. The first-order chi connectivity index (χ1) is 16.9. The minimum absolute atomic E-state index is 0.160. The standard InChI is InChI=1S/C28H28N4O3/c1-4-19-13-15-20(16-14-19)29-25(33)17-32-24-12-8-7-11-23(24)30-26(28(32)35)21-9-5-6-10-22(21)31-27(34)18(2)3/h5-16,18H,4,17H2,1-3H3,(H,29,33)(H,31,34). The summed E-state index contributed by atoms with van der Waals surface area (Å²) in [6.07, 6.45) is 0.911. The van der Waals surface area contributed by atoms with Crippen molar-refractivity contribution >= 4 is 34.2 Å². The molecule has 2 N–H and O–H groups in total. The monoisotopic (exact) mass is 468 g/mol. The SMILES string of the molecule is CCc1ccc(NC(=O)Cn2c(=O)c(-c3ccccc3NC(=O)C(C)C)nc3ccccc32)cc1. The number of fused-ring (bicyclic) bond motifs is 1. The molecule has 0 unspecified atom stereocenters. The van der Waals surface area contributed by atoms with Gasteiger partial charge in [-0.1, -0.05) is 63.2 Å². The van der Waals surface area contributed by atoms with Gasteiger partial charge in [0.15, 0.2) is 0 Å².